The largest absolute Gasteiger partial charge is 0.496 e. The van der Waals surface area contributed by atoms with E-state index in [0.717, 1.165) is 18.4 Å². The number of rotatable bonds is 8. The average Bonchev–Trinajstić information content (AvgIpc) is 2.74. The molecule has 2 amide bonds. The highest BCUT2D eigenvalue weighted by molar-refractivity contribution is 7.80. The van der Waals surface area contributed by atoms with Gasteiger partial charge in [0, 0.05) is 24.7 Å². The third-order valence-electron chi connectivity index (χ3n) is 4.50. The number of benzene rings is 1. The number of carbonyl (C=O) groups is 3. The molecule has 1 heterocycles. The van der Waals surface area contributed by atoms with Crippen molar-refractivity contribution in [2.24, 2.45) is 0 Å². The molecule has 0 aromatic heterocycles. The molecule has 0 bridgehead atoms. The number of hydrogen-bond acceptors (Lipinski definition) is 6. The molecule has 8 nitrogen and oxygen atoms in total. The number of esters is 1. The smallest absolute Gasteiger partial charge is 0.308 e. The zero-order valence-electron chi connectivity index (χ0n) is 17.2. The van der Waals surface area contributed by atoms with Gasteiger partial charge in [-0.25, -0.2) is 0 Å². The molecule has 1 unspecified atom stereocenters. The van der Waals surface area contributed by atoms with Gasteiger partial charge in [-0.2, -0.15) is 0 Å². The number of hydrogen-bond donors (Lipinski definition) is 2. The second-order valence-corrected chi connectivity index (χ2v) is 7.03. The molecule has 0 aliphatic carbocycles. The Morgan fingerprint density at radius 2 is 2.13 bits per heavy atom. The SMILES string of the molecule is CCCCOC(=O)CC1C(=O)NCCN1C(=S)NC(=O)/C=C/c1ccccc1OC. The molecule has 2 N–H and O–H groups in total. The fourth-order valence-electron chi connectivity index (χ4n) is 2.90. The van der Waals surface area contributed by atoms with Crippen LogP contribution in [0.15, 0.2) is 30.3 Å². The van der Waals surface area contributed by atoms with E-state index < -0.39 is 17.9 Å². The van der Waals surface area contributed by atoms with Gasteiger partial charge < -0.3 is 19.7 Å². The summed E-state index contributed by atoms with van der Waals surface area (Å²) in [5.74, 6) is -0.602. The van der Waals surface area contributed by atoms with E-state index in [1.165, 1.54) is 6.08 Å². The number of ether oxygens (including phenoxy) is 2. The van der Waals surface area contributed by atoms with E-state index in [2.05, 4.69) is 10.6 Å². The maximum absolute atomic E-state index is 12.3. The first kappa shape index (κ1) is 23.3. The summed E-state index contributed by atoms with van der Waals surface area (Å²) in [5, 5.41) is 5.39. The summed E-state index contributed by atoms with van der Waals surface area (Å²) in [6, 6.07) is 6.45. The number of thiocarbonyl (C=S) groups is 1. The second kappa shape index (κ2) is 11.9. The van der Waals surface area contributed by atoms with Gasteiger partial charge in [0.25, 0.3) is 0 Å². The second-order valence-electron chi connectivity index (χ2n) is 6.65. The van der Waals surface area contributed by atoms with Gasteiger partial charge >= 0.3 is 5.97 Å². The molecule has 1 aromatic carbocycles. The van der Waals surface area contributed by atoms with Crippen LogP contribution in [0.1, 0.15) is 31.7 Å². The van der Waals surface area contributed by atoms with E-state index in [1.807, 2.05) is 25.1 Å². The summed E-state index contributed by atoms with van der Waals surface area (Å²) in [6.45, 7) is 3.06. The summed E-state index contributed by atoms with van der Waals surface area (Å²) < 4.78 is 10.4. The number of piperazine rings is 1. The normalized spacial score (nSPS) is 16.1. The molecule has 1 aliphatic rings. The summed E-state index contributed by atoms with van der Waals surface area (Å²) in [5.41, 5.74) is 0.742. The molecule has 1 aliphatic heterocycles. The molecule has 1 saturated heterocycles. The maximum atomic E-state index is 12.3. The number of methoxy groups -OCH3 is 1. The topological polar surface area (TPSA) is 97.0 Å². The quantitative estimate of drug-likeness (QED) is 0.278. The lowest BCUT2D eigenvalue weighted by Gasteiger charge is -2.36. The zero-order chi connectivity index (χ0) is 21.9. The lowest BCUT2D eigenvalue weighted by atomic mass is 10.1. The summed E-state index contributed by atoms with van der Waals surface area (Å²) >= 11 is 5.32. The van der Waals surface area contributed by atoms with Crippen molar-refractivity contribution >= 4 is 41.2 Å². The van der Waals surface area contributed by atoms with Crippen LogP contribution in [0.3, 0.4) is 0 Å². The van der Waals surface area contributed by atoms with E-state index in [0.29, 0.717) is 25.4 Å². The van der Waals surface area contributed by atoms with Gasteiger partial charge in [0.1, 0.15) is 11.8 Å². The van der Waals surface area contributed by atoms with Crippen LogP contribution in [0.5, 0.6) is 5.75 Å². The molecule has 0 saturated carbocycles. The first-order valence-corrected chi connectivity index (χ1v) is 10.2. The molecule has 0 radical (unpaired) electrons. The van der Waals surface area contributed by atoms with Crippen LogP contribution in [0, 0.1) is 0 Å². The minimum Gasteiger partial charge on any atom is -0.496 e. The third-order valence-corrected chi connectivity index (χ3v) is 4.83. The number of nitrogens with one attached hydrogen (secondary N) is 2. The van der Waals surface area contributed by atoms with Crippen LogP contribution in [-0.4, -0.2) is 60.6 Å². The molecular weight excluding hydrogens is 406 g/mol. The van der Waals surface area contributed by atoms with Crippen molar-refractivity contribution < 1.29 is 23.9 Å². The Labute approximate surface area is 181 Å². The minimum atomic E-state index is -0.820. The maximum Gasteiger partial charge on any atom is 0.308 e. The van der Waals surface area contributed by atoms with Gasteiger partial charge in [0.2, 0.25) is 11.8 Å². The Morgan fingerprint density at radius 3 is 2.87 bits per heavy atom. The molecule has 1 fully saturated rings. The van der Waals surface area contributed by atoms with Crippen LogP contribution in [0.25, 0.3) is 6.08 Å². The first-order valence-electron chi connectivity index (χ1n) is 9.82. The van der Waals surface area contributed by atoms with E-state index in [9.17, 15) is 14.4 Å². The molecule has 1 atom stereocenters. The van der Waals surface area contributed by atoms with Crippen LogP contribution in [0.4, 0.5) is 0 Å². The highest BCUT2D eigenvalue weighted by atomic mass is 32.1. The van der Waals surface area contributed by atoms with E-state index in [-0.39, 0.29) is 17.4 Å². The van der Waals surface area contributed by atoms with Gasteiger partial charge in [-0.1, -0.05) is 31.5 Å². The fraction of sp³-hybridized carbons (Fsp3) is 0.429. The van der Waals surface area contributed by atoms with Crippen molar-refractivity contribution in [2.45, 2.75) is 32.2 Å². The average molecular weight is 434 g/mol. The first-order chi connectivity index (χ1) is 14.5. The Morgan fingerprint density at radius 1 is 1.37 bits per heavy atom. The summed E-state index contributed by atoms with van der Waals surface area (Å²) in [7, 11) is 1.55. The summed E-state index contributed by atoms with van der Waals surface area (Å²) in [4.78, 5) is 38.2. The summed E-state index contributed by atoms with van der Waals surface area (Å²) in [6.07, 6.45) is 4.48. The highest BCUT2D eigenvalue weighted by Gasteiger charge is 2.34. The molecule has 9 heteroatoms. The monoisotopic (exact) mass is 433 g/mol. The standard InChI is InChI=1S/C21H27N3O5S/c1-3-4-13-29-19(26)14-16-20(27)22-11-12-24(16)21(30)23-18(25)10-9-15-7-5-6-8-17(15)28-2/h5-10,16H,3-4,11-14H2,1-2H3,(H,22,27)(H,23,25,30)/b10-9+. The van der Waals surface area contributed by atoms with Crippen molar-refractivity contribution in [1.29, 1.82) is 0 Å². The number of para-hydroxylation sites is 1. The van der Waals surface area contributed by atoms with Gasteiger partial charge in [-0.15, -0.1) is 0 Å². The lowest BCUT2D eigenvalue weighted by molar-refractivity contribution is -0.147. The van der Waals surface area contributed by atoms with E-state index in [1.54, 1.807) is 24.2 Å². The Kier molecular flexibility index (Phi) is 9.27. The molecule has 30 heavy (non-hydrogen) atoms. The minimum absolute atomic E-state index is 0.0888. The molecule has 1 aromatic rings. The predicted octanol–water partition coefficient (Wildman–Crippen LogP) is 1.64. The van der Waals surface area contributed by atoms with Crippen LogP contribution < -0.4 is 15.4 Å². The number of unbranched alkanes of at least 4 members (excludes halogenated alkanes) is 1. The van der Waals surface area contributed by atoms with Crippen molar-refractivity contribution in [3.63, 3.8) is 0 Å². The number of nitrogens with zero attached hydrogens (tertiary/aromatic N) is 1. The van der Waals surface area contributed by atoms with Crippen LogP contribution >= 0.6 is 12.2 Å². The Bertz CT molecular complexity index is 812. The molecular formula is C21H27N3O5S. The van der Waals surface area contributed by atoms with E-state index >= 15 is 0 Å². The predicted molar refractivity (Wildman–Crippen MR) is 117 cm³/mol. The van der Waals surface area contributed by atoms with Crippen LogP contribution in [0.2, 0.25) is 0 Å². The number of amides is 2. The van der Waals surface area contributed by atoms with Gasteiger partial charge in [0.05, 0.1) is 20.1 Å². The zero-order valence-corrected chi connectivity index (χ0v) is 18.0. The van der Waals surface area contributed by atoms with Crippen molar-refractivity contribution in [3.05, 3.63) is 35.9 Å². The third kappa shape index (κ3) is 6.84. The molecule has 2 rings (SSSR count). The fourth-order valence-corrected chi connectivity index (χ4v) is 3.22. The highest BCUT2D eigenvalue weighted by Crippen LogP contribution is 2.18. The van der Waals surface area contributed by atoms with Gasteiger partial charge in [0.15, 0.2) is 5.11 Å². The Balaban J connectivity index is 1.98. The van der Waals surface area contributed by atoms with Crippen molar-refractivity contribution in [3.8, 4) is 5.75 Å². The molecule has 0 spiro atoms. The van der Waals surface area contributed by atoms with Crippen molar-refractivity contribution in [2.75, 3.05) is 26.8 Å². The molecule has 162 valence electrons. The van der Waals surface area contributed by atoms with Crippen LogP contribution in [-0.2, 0) is 19.1 Å². The number of carbonyl (C=O) groups excluding carboxylic acids is 3. The van der Waals surface area contributed by atoms with Crippen molar-refractivity contribution in [1.82, 2.24) is 15.5 Å². The lowest BCUT2D eigenvalue weighted by Crippen LogP contribution is -2.60. The Hall–Kier alpha value is -2.94. The van der Waals surface area contributed by atoms with Gasteiger partial charge in [-0.05, 0) is 30.8 Å². The van der Waals surface area contributed by atoms with E-state index in [4.69, 9.17) is 21.7 Å². The van der Waals surface area contributed by atoms with Gasteiger partial charge in [-0.3, -0.25) is 19.7 Å².